The Morgan fingerprint density at radius 1 is 1.00 bits per heavy atom. The standard InChI is InChI=1S/C12H16Cl2N2/c1-15-2-4-16(5-3-15)9-10-6-11(13)8-12(14)7-10/h6-8H,2-5,9H2,1H3. The Bertz CT molecular complexity index is 340. The Hall–Kier alpha value is -0.280. The number of halogens is 2. The van der Waals surface area contributed by atoms with E-state index in [0.717, 1.165) is 42.8 Å². The first-order valence-corrected chi connectivity index (χ1v) is 6.25. The second kappa shape index (κ2) is 5.37. The lowest BCUT2D eigenvalue weighted by Gasteiger charge is -2.32. The number of piperazine rings is 1. The number of likely N-dealkylation sites (N-methyl/N-ethyl adjacent to an activating group) is 1. The molecule has 0 saturated carbocycles. The summed E-state index contributed by atoms with van der Waals surface area (Å²) in [6, 6.07) is 5.76. The van der Waals surface area contributed by atoms with Crippen molar-refractivity contribution in [3.8, 4) is 0 Å². The molecule has 4 heteroatoms. The summed E-state index contributed by atoms with van der Waals surface area (Å²) in [5, 5.41) is 1.44. The van der Waals surface area contributed by atoms with Crippen LogP contribution in [-0.2, 0) is 6.54 Å². The summed E-state index contributed by atoms with van der Waals surface area (Å²) < 4.78 is 0. The van der Waals surface area contributed by atoms with Gasteiger partial charge in [0.2, 0.25) is 0 Å². The third kappa shape index (κ3) is 3.36. The van der Waals surface area contributed by atoms with Gasteiger partial charge in [-0.2, -0.15) is 0 Å². The molecule has 0 aliphatic carbocycles. The van der Waals surface area contributed by atoms with Crippen LogP contribution in [0.4, 0.5) is 0 Å². The average Bonchev–Trinajstić information content (AvgIpc) is 2.20. The Balaban J connectivity index is 1.98. The molecule has 88 valence electrons. The lowest BCUT2D eigenvalue weighted by molar-refractivity contribution is 0.148. The quantitative estimate of drug-likeness (QED) is 0.805. The van der Waals surface area contributed by atoms with E-state index in [1.54, 1.807) is 6.07 Å². The summed E-state index contributed by atoms with van der Waals surface area (Å²) in [5.41, 5.74) is 1.20. The zero-order valence-corrected chi connectivity index (χ0v) is 10.9. The molecule has 1 aromatic rings. The summed E-state index contributed by atoms with van der Waals surface area (Å²) in [6.07, 6.45) is 0. The second-order valence-corrected chi connectivity index (χ2v) is 5.23. The molecule has 0 spiro atoms. The molecule has 1 fully saturated rings. The van der Waals surface area contributed by atoms with Crippen LogP contribution in [0.3, 0.4) is 0 Å². The summed E-state index contributed by atoms with van der Waals surface area (Å²) in [7, 11) is 2.16. The molecule has 2 nitrogen and oxygen atoms in total. The largest absolute Gasteiger partial charge is 0.304 e. The molecule has 1 aliphatic rings. The fourth-order valence-electron chi connectivity index (χ4n) is 1.97. The van der Waals surface area contributed by atoms with Gasteiger partial charge in [0.25, 0.3) is 0 Å². The summed E-state index contributed by atoms with van der Waals surface area (Å²) in [5.74, 6) is 0. The molecule has 1 saturated heterocycles. The van der Waals surface area contributed by atoms with Crippen molar-refractivity contribution >= 4 is 23.2 Å². The van der Waals surface area contributed by atoms with Crippen LogP contribution in [0.1, 0.15) is 5.56 Å². The van der Waals surface area contributed by atoms with Gasteiger partial charge in [0.15, 0.2) is 0 Å². The smallest absolute Gasteiger partial charge is 0.0424 e. The maximum Gasteiger partial charge on any atom is 0.0424 e. The summed E-state index contributed by atoms with van der Waals surface area (Å²) in [4.78, 5) is 4.78. The van der Waals surface area contributed by atoms with Crippen molar-refractivity contribution in [2.24, 2.45) is 0 Å². The van der Waals surface area contributed by atoms with E-state index in [0.29, 0.717) is 0 Å². The fraction of sp³-hybridized carbons (Fsp3) is 0.500. The van der Waals surface area contributed by atoms with Crippen molar-refractivity contribution < 1.29 is 0 Å². The summed E-state index contributed by atoms with van der Waals surface area (Å²) in [6.45, 7) is 5.43. The van der Waals surface area contributed by atoms with Gasteiger partial charge in [-0.1, -0.05) is 23.2 Å². The van der Waals surface area contributed by atoms with Gasteiger partial charge >= 0.3 is 0 Å². The fourth-order valence-corrected chi connectivity index (χ4v) is 2.54. The average molecular weight is 259 g/mol. The molecule has 1 aromatic carbocycles. The van der Waals surface area contributed by atoms with Crippen LogP contribution >= 0.6 is 23.2 Å². The third-order valence-electron chi connectivity index (χ3n) is 2.92. The number of nitrogens with zero attached hydrogens (tertiary/aromatic N) is 2. The molecule has 0 radical (unpaired) electrons. The van der Waals surface area contributed by atoms with Crippen molar-refractivity contribution in [1.29, 1.82) is 0 Å². The van der Waals surface area contributed by atoms with Crippen molar-refractivity contribution in [2.45, 2.75) is 6.54 Å². The van der Waals surface area contributed by atoms with Crippen LogP contribution in [-0.4, -0.2) is 43.0 Å². The van der Waals surface area contributed by atoms with Gasteiger partial charge in [0, 0.05) is 42.8 Å². The topological polar surface area (TPSA) is 6.48 Å². The molecule has 0 unspecified atom stereocenters. The van der Waals surface area contributed by atoms with E-state index in [2.05, 4.69) is 16.8 Å². The van der Waals surface area contributed by atoms with Gasteiger partial charge in [-0.05, 0) is 30.8 Å². The van der Waals surface area contributed by atoms with E-state index < -0.39 is 0 Å². The zero-order valence-electron chi connectivity index (χ0n) is 9.42. The van der Waals surface area contributed by atoms with E-state index in [-0.39, 0.29) is 0 Å². The van der Waals surface area contributed by atoms with Gasteiger partial charge in [-0.3, -0.25) is 4.90 Å². The zero-order chi connectivity index (χ0) is 11.5. The van der Waals surface area contributed by atoms with Crippen molar-refractivity contribution in [2.75, 3.05) is 33.2 Å². The predicted molar refractivity (Wildman–Crippen MR) is 69.2 cm³/mol. The highest BCUT2D eigenvalue weighted by Crippen LogP contribution is 2.20. The Morgan fingerprint density at radius 2 is 1.56 bits per heavy atom. The van der Waals surface area contributed by atoms with Crippen molar-refractivity contribution in [1.82, 2.24) is 9.80 Å². The molecule has 0 atom stereocenters. The number of benzene rings is 1. The van der Waals surface area contributed by atoms with Crippen LogP contribution < -0.4 is 0 Å². The molecule has 1 aliphatic heterocycles. The predicted octanol–water partition coefficient (Wildman–Crippen LogP) is 2.74. The first-order chi connectivity index (χ1) is 7.63. The Labute approximate surface area is 107 Å². The van der Waals surface area contributed by atoms with E-state index in [1.165, 1.54) is 5.56 Å². The van der Waals surface area contributed by atoms with Crippen LogP contribution in [0.15, 0.2) is 18.2 Å². The minimum absolute atomic E-state index is 0.719. The normalized spacial score (nSPS) is 18.9. The monoisotopic (exact) mass is 258 g/mol. The van der Waals surface area contributed by atoms with Crippen molar-refractivity contribution in [3.63, 3.8) is 0 Å². The highest BCUT2D eigenvalue weighted by molar-refractivity contribution is 6.34. The molecule has 0 amide bonds. The lowest BCUT2D eigenvalue weighted by atomic mass is 10.2. The lowest BCUT2D eigenvalue weighted by Crippen LogP contribution is -2.43. The maximum atomic E-state index is 5.98. The minimum atomic E-state index is 0.719. The van der Waals surface area contributed by atoms with E-state index in [4.69, 9.17) is 23.2 Å². The third-order valence-corrected chi connectivity index (χ3v) is 3.36. The summed E-state index contributed by atoms with van der Waals surface area (Å²) >= 11 is 12.0. The first-order valence-electron chi connectivity index (χ1n) is 5.49. The van der Waals surface area contributed by atoms with E-state index >= 15 is 0 Å². The molecule has 1 heterocycles. The number of hydrogen-bond acceptors (Lipinski definition) is 2. The van der Waals surface area contributed by atoms with Crippen LogP contribution in [0.25, 0.3) is 0 Å². The number of hydrogen-bond donors (Lipinski definition) is 0. The van der Waals surface area contributed by atoms with E-state index in [9.17, 15) is 0 Å². The molecule has 0 N–H and O–H groups in total. The van der Waals surface area contributed by atoms with Gasteiger partial charge in [-0.15, -0.1) is 0 Å². The molecule has 16 heavy (non-hydrogen) atoms. The van der Waals surface area contributed by atoms with Gasteiger partial charge in [0.05, 0.1) is 0 Å². The highest BCUT2D eigenvalue weighted by atomic mass is 35.5. The van der Waals surface area contributed by atoms with Crippen LogP contribution in [0.2, 0.25) is 10.0 Å². The Morgan fingerprint density at radius 3 is 2.12 bits per heavy atom. The molecule has 2 rings (SSSR count). The van der Waals surface area contributed by atoms with E-state index in [1.807, 2.05) is 12.1 Å². The van der Waals surface area contributed by atoms with Crippen molar-refractivity contribution in [3.05, 3.63) is 33.8 Å². The molecular weight excluding hydrogens is 243 g/mol. The minimum Gasteiger partial charge on any atom is -0.304 e. The van der Waals surface area contributed by atoms with Gasteiger partial charge in [0.1, 0.15) is 0 Å². The SMILES string of the molecule is CN1CCN(Cc2cc(Cl)cc(Cl)c2)CC1. The molecule has 0 bridgehead atoms. The molecular formula is C12H16Cl2N2. The van der Waals surface area contributed by atoms with Crippen LogP contribution in [0, 0.1) is 0 Å². The maximum absolute atomic E-state index is 5.98. The number of rotatable bonds is 2. The molecule has 0 aromatic heterocycles. The van der Waals surface area contributed by atoms with Gasteiger partial charge in [-0.25, -0.2) is 0 Å². The Kier molecular flexibility index (Phi) is 4.09. The highest BCUT2D eigenvalue weighted by Gasteiger charge is 2.14. The second-order valence-electron chi connectivity index (χ2n) is 4.36. The van der Waals surface area contributed by atoms with Gasteiger partial charge < -0.3 is 4.90 Å². The van der Waals surface area contributed by atoms with Crippen LogP contribution in [0.5, 0.6) is 0 Å². The first kappa shape index (κ1) is 12.2.